The molecule has 7 nitrogen and oxygen atoms in total. The van der Waals surface area contributed by atoms with Gasteiger partial charge in [-0.05, 0) is 43.5 Å². The van der Waals surface area contributed by atoms with Crippen LogP contribution in [0.4, 0.5) is 16.3 Å². The molecule has 0 aliphatic heterocycles. The number of ether oxygens (including phenoxy) is 1. The van der Waals surface area contributed by atoms with E-state index < -0.39 is 0 Å². The highest BCUT2D eigenvalue weighted by molar-refractivity contribution is 5.90. The molecule has 0 bridgehead atoms. The van der Waals surface area contributed by atoms with Gasteiger partial charge in [0.05, 0.1) is 0 Å². The summed E-state index contributed by atoms with van der Waals surface area (Å²) in [4.78, 5) is 19.9. The van der Waals surface area contributed by atoms with Crippen LogP contribution in [0.3, 0.4) is 0 Å². The molecule has 0 atom stereocenters. The van der Waals surface area contributed by atoms with Gasteiger partial charge in [0.25, 0.3) is 0 Å². The summed E-state index contributed by atoms with van der Waals surface area (Å²) < 4.78 is 5.72. The Bertz CT molecular complexity index is 715. The van der Waals surface area contributed by atoms with Gasteiger partial charge in [-0.2, -0.15) is 0 Å². The summed E-state index contributed by atoms with van der Waals surface area (Å²) in [6.07, 6.45) is 3.56. The molecule has 1 aliphatic carbocycles. The van der Waals surface area contributed by atoms with Gasteiger partial charge in [0.2, 0.25) is 5.88 Å². The van der Waals surface area contributed by atoms with Crippen LogP contribution in [0.25, 0.3) is 0 Å². The molecule has 0 spiro atoms. The summed E-state index contributed by atoms with van der Waals surface area (Å²) in [6, 6.07) is 7.34. The standard InChI is InChI=1S/C16H19N5O2/c1-10-7-12(23-15-8-14(17-2)18-9-19-15)5-6-13(10)21-16(22)20-11-3-4-11/h5-9,11H,3-4H2,1-2H3,(H,17,18,19)(H2,20,21,22). The van der Waals surface area contributed by atoms with Crippen LogP contribution in [-0.2, 0) is 0 Å². The van der Waals surface area contributed by atoms with Crippen molar-refractivity contribution in [3.05, 3.63) is 36.2 Å². The average Bonchev–Trinajstić information content (AvgIpc) is 3.34. The number of benzene rings is 1. The summed E-state index contributed by atoms with van der Waals surface area (Å²) >= 11 is 0. The molecule has 0 unspecified atom stereocenters. The minimum Gasteiger partial charge on any atom is -0.439 e. The normalized spacial score (nSPS) is 13.3. The van der Waals surface area contributed by atoms with E-state index in [1.165, 1.54) is 6.33 Å². The van der Waals surface area contributed by atoms with Crippen LogP contribution in [0.2, 0.25) is 0 Å². The molecule has 23 heavy (non-hydrogen) atoms. The minimum atomic E-state index is -0.168. The van der Waals surface area contributed by atoms with Crippen molar-refractivity contribution in [2.45, 2.75) is 25.8 Å². The third-order valence-electron chi connectivity index (χ3n) is 3.48. The first-order chi connectivity index (χ1) is 11.1. The van der Waals surface area contributed by atoms with E-state index in [4.69, 9.17) is 4.74 Å². The Morgan fingerprint density at radius 1 is 1.26 bits per heavy atom. The van der Waals surface area contributed by atoms with Crippen LogP contribution in [0.1, 0.15) is 18.4 Å². The second kappa shape index (κ2) is 6.51. The van der Waals surface area contributed by atoms with Crippen LogP contribution in [0, 0.1) is 6.92 Å². The highest BCUT2D eigenvalue weighted by Gasteiger charge is 2.23. The first kappa shape index (κ1) is 15.1. The summed E-state index contributed by atoms with van der Waals surface area (Å²) in [5, 5.41) is 8.67. The Kier molecular flexibility index (Phi) is 4.27. The number of anilines is 2. The van der Waals surface area contributed by atoms with Gasteiger partial charge in [0.1, 0.15) is 17.9 Å². The van der Waals surface area contributed by atoms with Crippen LogP contribution >= 0.6 is 0 Å². The molecule has 1 aromatic heterocycles. The number of nitrogens with one attached hydrogen (secondary N) is 3. The van der Waals surface area contributed by atoms with Crippen molar-refractivity contribution in [1.82, 2.24) is 15.3 Å². The molecule has 2 aromatic rings. The third kappa shape index (κ3) is 4.09. The van der Waals surface area contributed by atoms with Crippen LogP contribution in [0.15, 0.2) is 30.6 Å². The van der Waals surface area contributed by atoms with Crippen molar-refractivity contribution in [2.75, 3.05) is 17.7 Å². The fourth-order valence-corrected chi connectivity index (χ4v) is 2.06. The third-order valence-corrected chi connectivity index (χ3v) is 3.48. The van der Waals surface area contributed by atoms with E-state index >= 15 is 0 Å². The highest BCUT2D eigenvalue weighted by atomic mass is 16.5. The lowest BCUT2D eigenvalue weighted by atomic mass is 10.2. The smallest absolute Gasteiger partial charge is 0.319 e. The maximum absolute atomic E-state index is 11.8. The molecule has 7 heteroatoms. The van der Waals surface area contributed by atoms with Gasteiger partial charge >= 0.3 is 6.03 Å². The molecule has 3 N–H and O–H groups in total. The molecular formula is C16H19N5O2. The van der Waals surface area contributed by atoms with E-state index in [9.17, 15) is 4.79 Å². The van der Waals surface area contributed by atoms with Crippen molar-refractivity contribution in [3.63, 3.8) is 0 Å². The van der Waals surface area contributed by atoms with Gasteiger partial charge in [0.15, 0.2) is 0 Å². The second-order valence-electron chi connectivity index (χ2n) is 5.44. The number of hydrogen-bond donors (Lipinski definition) is 3. The van der Waals surface area contributed by atoms with Crippen molar-refractivity contribution >= 4 is 17.5 Å². The molecule has 1 heterocycles. The first-order valence-corrected chi connectivity index (χ1v) is 7.50. The van der Waals surface area contributed by atoms with E-state index in [2.05, 4.69) is 25.9 Å². The van der Waals surface area contributed by atoms with Crippen molar-refractivity contribution in [1.29, 1.82) is 0 Å². The minimum absolute atomic E-state index is 0.168. The molecule has 3 rings (SSSR count). The lowest BCUT2D eigenvalue weighted by Crippen LogP contribution is -2.30. The van der Waals surface area contributed by atoms with Gasteiger partial charge < -0.3 is 20.7 Å². The van der Waals surface area contributed by atoms with Crippen LogP contribution in [-0.4, -0.2) is 29.1 Å². The number of aryl methyl sites for hydroxylation is 1. The second-order valence-corrected chi connectivity index (χ2v) is 5.44. The molecule has 2 amide bonds. The predicted molar refractivity (Wildman–Crippen MR) is 88.0 cm³/mol. The van der Waals surface area contributed by atoms with Crippen LogP contribution in [0.5, 0.6) is 11.6 Å². The SMILES string of the molecule is CNc1cc(Oc2ccc(NC(=O)NC3CC3)c(C)c2)ncn1. The van der Waals surface area contributed by atoms with Crippen molar-refractivity contribution in [3.8, 4) is 11.6 Å². The molecule has 0 saturated heterocycles. The molecular weight excluding hydrogens is 294 g/mol. The Labute approximate surface area is 134 Å². The Hall–Kier alpha value is -2.83. The van der Waals surface area contributed by atoms with Gasteiger partial charge in [0, 0.05) is 24.8 Å². The fourth-order valence-electron chi connectivity index (χ4n) is 2.06. The van der Waals surface area contributed by atoms with E-state index in [0.717, 1.165) is 24.1 Å². The highest BCUT2D eigenvalue weighted by Crippen LogP contribution is 2.26. The zero-order valence-electron chi connectivity index (χ0n) is 13.1. The molecule has 1 aromatic carbocycles. The van der Waals surface area contributed by atoms with Crippen LogP contribution < -0.4 is 20.7 Å². The quantitative estimate of drug-likeness (QED) is 0.790. The van der Waals surface area contributed by atoms with Gasteiger partial charge in [-0.25, -0.2) is 14.8 Å². The summed E-state index contributed by atoms with van der Waals surface area (Å²) in [7, 11) is 1.78. The molecule has 1 saturated carbocycles. The lowest BCUT2D eigenvalue weighted by molar-refractivity contribution is 0.251. The van der Waals surface area contributed by atoms with Gasteiger partial charge in [-0.1, -0.05) is 0 Å². The number of carbonyl (C=O) groups is 1. The fraction of sp³-hybridized carbons (Fsp3) is 0.312. The van der Waals surface area contributed by atoms with E-state index in [1.54, 1.807) is 19.2 Å². The first-order valence-electron chi connectivity index (χ1n) is 7.50. The summed E-state index contributed by atoms with van der Waals surface area (Å²) in [5.74, 6) is 1.79. The topological polar surface area (TPSA) is 88.2 Å². The summed E-state index contributed by atoms with van der Waals surface area (Å²) in [5.41, 5.74) is 1.67. The zero-order chi connectivity index (χ0) is 16.2. The molecule has 120 valence electrons. The number of rotatable bonds is 5. The van der Waals surface area contributed by atoms with E-state index in [-0.39, 0.29) is 6.03 Å². The number of amides is 2. The predicted octanol–water partition coefficient (Wildman–Crippen LogP) is 2.90. The monoisotopic (exact) mass is 313 g/mol. The lowest BCUT2D eigenvalue weighted by Gasteiger charge is -2.11. The number of aromatic nitrogens is 2. The Morgan fingerprint density at radius 3 is 2.78 bits per heavy atom. The molecule has 1 aliphatic rings. The Morgan fingerprint density at radius 2 is 2.09 bits per heavy atom. The largest absolute Gasteiger partial charge is 0.439 e. The van der Waals surface area contributed by atoms with E-state index in [0.29, 0.717) is 23.5 Å². The van der Waals surface area contributed by atoms with E-state index in [1.807, 2.05) is 19.1 Å². The molecule has 1 fully saturated rings. The zero-order valence-corrected chi connectivity index (χ0v) is 13.1. The maximum atomic E-state index is 11.8. The number of hydrogen-bond acceptors (Lipinski definition) is 5. The maximum Gasteiger partial charge on any atom is 0.319 e. The summed E-state index contributed by atoms with van der Waals surface area (Å²) in [6.45, 7) is 1.92. The van der Waals surface area contributed by atoms with Gasteiger partial charge in [-0.15, -0.1) is 0 Å². The Balaban J connectivity index is 1.66. The number of carbonyl (C=O) groups excluding carboxylic acids is 1. The average molecular weight is 313 g/mol. The van der Waals surface area contributed by atoms with Crippen molar-refractivity contribution < 1.29 is 9.53 Å². The van der Waals surface area contributed by atoms with Crippen molar-refractivity contribution in [2.24, 2.45) is 0 Å². The van der Waals surface area contributed by atoms with Gasteiger partial charge in [-0.3, -0.25) is 0 Å². The molecule has 0 radical (unpaired) electrons. The number of urea groups is 1. The number of nitrogens with zero attached hydrogens (tertiary/aromatic N) is 2.